The van der Waals surface area contributed by atoms with Gasteiger partial charge in [0, 0.05) is 13.2 Å². The maximum atomic E-state index is 4.53. The van der Waals surface area contributed by atoms with Crippen molar-refractivity contribution >= 4 is 11.0 Å². The molecule has 0 fully saturated rings. The van der Waals surface area contributed by atoms with Crippen molar-refractivity contribution in [2.24, 2.45) is 13.0 Å². The van der Waals surface area contributed by atoms with Gasteiger partial charge in [0.15, 0.2) is 0 Å². The van der Waals surface area contributed by atoms with Gasteiger partial charge >= 0.3 is 0 Å². The minimum Gasteiger partial charge on any atom is -0.331 e. The van der Waals surface area contributed by atoms with Crippen LogP contribution in [0.4, 0.5) is 0 Å². The number of aromatic nitrogens is 4. The van der Waals surface area contributed by atoms with Crippen LogP contribution in [0.2, 0.25) is 0 Å². The van der Waals surface area contributed by atoms with Crippen LogP contribution in [0.1, 0.15) is 25.2 Å². The molecule has 3 aromatic rings. The van der Waals surface area contributed by atoms with Gasteiger partial charge < -0.3 is 4.57 Å². The van der Waals surface area contributed by atoms with E-state index in [-0.39, 0.29) is 0 Å². The quantitative estimate of drug-likeness (QED) is 0.731. The number of hydrogen-bond acceptors (Lipinski definition) is 2. The number of rotatable bonds is 3. The van der Waals surface area contributed by atoms with Crippen LogP contribution < -0.4 is 0 Å². The first-order chi connectivity index (χ1) is 9.54. The van der Waals surface area contributed by atoms with Gasteiger partial charge in [0.1, 0.15) is 5.82 Å². The zero-order chi connectivity index (χ0) is 14.3. The van der Waals surface area contributed by atoms with Gasteiger partial charge in [0.05, 0.1) is 22.9 Å². The second-order valence-electron chi connectivity index (χ2n) is 5.78. The monoisotopic (exact) mass is 268 g/mol. The summed E-state index contributed by atoms with van der Waals surface area (Å²) in [5.74, 6) is 1.67. The first-order valence-corrected chi connectivity index (χ1v) is 7.01. The molecule has 0 unspecified atom stereocenters. The second-order valence-corrected chi connectivity index (χ2v) is 5.78. The van der Waals surface area contributed by atoms with E-state index in [0.29, 0.717) is 5.92 Å². The van der Waals surface area contributed by atoms with Crippen LogP contribution in [0.25, 0.3) is 16.7 Å². The first kappa shape index (κ1) is 12.9. The molecular formula is C16H20N4. The van der Waals surface area contributed by atoms with Crippen molar-refractivity contribution in [1.29, 1.82) is 0 Å². The minimum absolute atomic E-state index is 0.648. The molecule has 104 valence electrons. The van der Waals surface area contributed by atoms with E-state index in [1.165, 1.54) is 5.56 Å². The summed E-state index contributed by atoms with van der Waals surface area (Å²) < 4.78 is 4.05. The highest BCUT2D eigenvalue weighted by Gasteiger charge is 2.07. The zero-order valence-corrected chi connectivity index (χ0v) is 12.5. The Labute approximate surface area is 119 Å². The van der Waals surface area contributed by atoms with Crippen LogP contribution in [0.3, 0.4) is 0 Å². The van der Waals surface area contributed by atoms with Gasteiger partial charge in [-0.2, -0.15) is 5.10 Å². The van der Waals surface area contributed by atoms with Crippen LogP contribution in [-0.2, 0) is 13.5 Å². The topological polar surface area (TPSA) is 35.6 Å². The largest absolute Gasteiger partial charge is 0.331 e. The summed E-state index contributed by atoms with van der Waals surface area (Å²) in [6.07, 6.45) is 5.14. The van der Waals surface area contributed by atoms with Crippen molar-refractivity contribution in [2.75, 3.05) is 0 Å². The Morgan fingerprint density at radius 1 is 1.25 bits per heavy atom. The van der Waals surface area contributed by atoms with Gasteiger partial charge in [-0.3, -0.25) is 0 Å². The van der Waals surface area contributed by atoms with Crippen molar-refractivity contribution in [1.82, 2.24) is 19.3 Å². The molecule has 1 aromatic carbocycles. The molecule has 0 bridgehead atoms. The first-order valence-electron chi connectivity index (χ1n) is 7.01. The van der Waals surface area contributed by atoms with Crippen LogP contribution in [0.15, 0.2) is 30.6 Å². The zero-order valence-electron chi connectivity index (χ0n) is 12.5. The summed E-state index contributed by atoms with van der Waals surface area (Å²) in [5.41, 5.74) is 4.53. The van der Waals surface area contributed by atoms with Crippen molar-refractivity contribution in [3.63, 3.8) is 0 Å². The summed E-state index contributed by atoms with van der Waals surface area (Å²) in [6, 6.07) is 6.27. The summed E-state index contributed by atoms with van der Waals surface area (Å²) in [5, 5.41) is 4.47. The Bertz CT molecular complexity index is 749. The molecule has 0 N–H and O–H groups in total. The number of benzene rings is 1. The molecular weight excluding hydrogens is 248 g/mol. The highest BCUT2D eigenvalue weighted by molar-refractivity contribution is 5.78. The molecule has 0 amide bonds. The highest BCUT2D eigenvalue weighted by atomic mass is 15.3. The van der Waals surface area contributed by atoms with Gasteiger partial charge in [-0.15, -0.1) is 0 Å². The smallest absolute Gasteiger partial charge is 0.106 e. The van der Waals surface area contributed by atoms with Crippen LogP contribution in [0, 0.1) is 12.8 Å². The van der Waals surface area contributed by atoms with Crippen LogP contribution in [0.5, 0.6) is 0 Å². The third-order valence-electron chi connectivity index (χ3n) is 3.63. The summed E-state index contributed by atoms with van der Waals surface area (Å²) in [4.78, 5) is 4.53. The van der Waals surface area contributed by atoms with E-state index < -0.39 is 0 Å². The van der Waals surface area contributed by atoms with E-state index >= 15 is 0 Å². The molecule has 0 spiro atoms. The highest BCUT2D eigenvalue weighted by Crippen LogP contribution is 2.19. The van der Waals surface area contributed by atoms with E-state index in [2.05, 4.69) is 52.9 Å². The van der Waals surface area contributed by atoms with E-state index in [1.807, 2.05) is 24.9 Å². The lowest BCUT2D eigenvalue weighted by Gasteiger charge is -2.03. The third kappa shape index (κ3) is 2.22. The van der Waals surface area contributed by atoms with Crippen molar-refractivity contribution < 1.29 is 0 Å². The Hall–Kier alpha value is -2.10. The molecule has 0 aliphatic carbocycles. The van der Waals surface area contributed by atoms with Gasteiger partial charge in [0.25, 0.3) is 0 Å². The predicted molar refractivity (Wildman–Crippen MR) is 81.1 cm³/mol. The van der Waals surface area contributed by atoms with E-state index in [9.17, 15) is 0 Å². The summed E-state index contributed by atoms with van der Waals surface area (Å²) in [7, 11) is 2.04. The summed E-state index contributed by atoms with van der Waals surface area (Å²) in [6.45, 7) is 6.47. The number of fused-ring (bicyclic) bond motifs is 1. The predicted octanol–water partition coefficient (Wildman–Crippen LogP) is 3.27. The van der Waals surface area contributed by atoms with Gasteiger partial charge in [-0.25, -0.2) is 9.67 Å². The minimum atomic E-state index is 0.648. The van der Waals surface area contributed by atoms with Crippen molar-refractivity contribution in [2.45, 2.75) is 27.2 Å². The number of aryl methyl sites for hydroxylation is 2. The lowest BCUT2D eigenvalue weighted by Crippen LogP contribution is -1.96. The van der Waals surface area contributed by atoms with Gasteiger partial charge in [0.2, 0.25) is 0 Å². The lowest BCUT2D eigenvalue weighted by molar-refractivity contribution is 0.647. The molecule has 0 saturated carbocycles. The molecule has 3 rings (SSSR count). The van der Waals surface area contributed by atoms with Crippen molar-refractivity contribution in [3.8, 4) is 5.69 Å². The van der Waals surface area contributed by atoms with E-state index in [0.717, 1.165) is 29.0 Å². The number of nitrogens with zero attached hydrogens (tertiary/aromatic N) is 4. The number of imidazole rings is 1. The fraction of sp³-hybridized carbons (Fsp3) is 0.375. The Morgan fingerprint density at radius 2 is 2.05 bits per heavy atom. The average Bonchev–Trinajstić information content (AvgIpc) is 2.95. The normalized spacial score (nSPS) is 11.7. The fourth-order valence-electron chi connectivity index (χ4n) is 2.52. The Balaban J connectivity index is 2.01. The molecule has 4 heteroatoms. The third-order valence-corrected chi connectivity index (χ3v) is 3.63. The van der Waals surface area contributed by atoms with Gasteiger partial charge in [-0.05, 0) is 43.0 Å². The molecule has 0 aliphatic rings. The molecule has 0 radical (unpaired) electrons. The Morgan fingerprint density at radius 3 is 2.80 bits per heavy atom. The van der Waals surface area contributed by atoms with E-state index in [4.69, 9.17) is 0 Å². The number of hydrogen-bond donors (Lipinski definition) is 0. The standard InChI is InChI=1S/C16H20N4/c1-11(2)7-13-9-17-20(10-13)14-5-6-15-16(8-14)19(4)12(3)18-15/h5-6,8-11H,7H2,1-4H3. The SMILES string of the molecule is Cc1nc2ccc(-n3cc(CC(C)C)cn3)cc2n1C. The summed E-state index contributed by atoms with van der Waals surface area (Å²) >= 11 is 0. The second kappa shape index (κ2) is 4.78. The maximum Gasteiger partial charge on any atom is 0.106 e. The molecule has 2 aromatic heterocycles. The Kier molecular flexibility index (Phi) is 3.08. The van der Waals surface area contributed by atoms with Crippen molar-refractivity contribution in [3.05, 3.63) is 42.0 Å². The lowest BCUT2D eigenvalue weighted by atomic mass is 10.1. The maximum absolute atomic E-state index is 4.53. The van der Waals surface area contributed by atoms with Crippen LogP contribution >= 0.6 is 0 Å². The van der Waals surface area contributed by atoms with E-state index in [1.54, 1.807) is 0 Å². The molecule has 20 heavy (non-hydrogen) atoms. The molecule has 4 nitrogen and oxygen atoms in total. The molecule has 0 aliphatic heterocycles. The molecule has 0 saturated heterocycles. The molecule has 0 atom stereocenters. The average molecular weight is 268 g/mol. The van der Waals surface area contributed by atoms with Crippen LogP contribution in [-0.4, -0.2) is 19.3 Å². The fourth-order valence-corrected chi connectivity index (χ4v) is 2.52. The molecule has 2 heterocycles. The van der Waals surface area contributed by atoms with Gasteiger partial charge in [-0.1, -0.05) is 13.8 Å².